The highest BCUT2D eigenvalue weighted by Crippen LogP contribution is 2.16. The maximum atomic E-state index is 5.31. The molecule has 5 heteroatoms. The van der Waals surface area contributed by atoms with Crippen molar-refractivity contribution in [3.8, 4) is 0 Å². The Labute approximate surface area is 137 Å². The number of hydrogen-bond donors (Lipinski definition) is 2. The molecule has 0 aliphatic carbocycles. The van der Waals surface area contributed by atoms with Gasteiger partial charge < -0.3 is 10.6 Å². The third-order valence-electron chi connectivity index (χ3n) is 3.60. The molecule has 2 aromatic rings. The highest BCUT2D eigenvalue weighted by molar-refractivity contribution is 7.80. The predicted molar refractivity (Wildman–Crippen MR) is 96.3 cm³/mol. The Kier molecular flexibility index (Phi) is 5.95. The smallest absolute Gasteiger partial charge is 0.170 e. The average molecular weight is 316 g/mol. The van der Waals surface area contributed by atoms with E-state index in [0.717, 1.165) is 25.2 Å². The summed E-state index contributed by atoms with van der Waals surface area (Å²) < 4.78 is 2.00. The number of rotatable bonds is 6. The Morgan fingerprint density at radius 1 is 1.23 bits per heavy atom. The van der Waals surface area contributed by atoms with Crippen LogP contribution in [0.3, 0.4) is 0 Å². The van der Waals surface area contributed by atoms with Gasteiger partial charge in [-0.15, -0.1) is 0 Å². The van der Waals surface area contributed by atoms with Crippen molar-refractivity contribution in [3.63, 3.8) is 0 Å². The van der Waals surface area contributed by atoms with Crippen LogP contribution < -0.4 is 10.6 Å². The molecule has 0 bridgehead atoms. The summed E-state index contributed by atoms with van der Waals surface area (Å²) in [5.41, 5.74) is 3.54. The van der Waals surface area contributed by atoms with Crippen LogP contribution in [0.15, 0.2) is 36.5 Å². The van der Waals surface area contributed by atoms with Gasteiger partial charge >= 0.3 is 0 Å². The third kappa shape index (κ3) is 4.84. The van der Waals surface area contributed by atoms with Gasteiger partial charge in [0.05, 0.1) is 0 Å². The Morgan fingerprint density at radius 3 is 2.55 bits per heavy atom. The molecule has 2 rings (SSSR count). The first-order valence-electron chi connectivity index (χ1n) is 7.69. The molecule has 0 radical (unpaired) electrons. The molecule has 0 atom stereocenters. The van der Waals surface area contributed by atoms with Crippen LogP contribution in [0.1, 0.15) is 37.4 Å². The Bertz CT molecular complexity index is 601. The van der Waals surface area contributed by atoms with E-state index < -0.39 is 0 Å². The second-order valence-electron chi connectivity index (χ2n) is 5.71. The molecular weight excluding hydrogens is 292 g/mol. The molecule has 1 aromatic heterocycles. The Hall–Kier alpha value is -1.88. The van der Waals surface area contributed by atoms with E-state index in [4.69, 9.17) is 12.2 Å². The summed E-state index contributed by atoms with van der Waals surface area (Å²) in [5.74, 6) is 0.546. The summed E-state index contributed by atoms with van der Waals surface area (Å²) >= 11 is 5.31. The van der Waals surface area contributed by atoms with Crippen LogP contribution in [0, 0.1) is 6.92 Å². The molecule has 2 N–H and O–H groups in total. The molecule has 0 aliphatic rings. The van der Waals surface area contributed by atoms with Crippen molar-refractivity contribution in [1.29, 1.82) is 0 Å². The van der Waals surface area contributed by atoms with Gasteiger partial charge in [0.15, 0.2) is 5.11 Å². The van der Waals surface area contributed by atoms with Crippen LogP contribution >= 0.6 is 12.2 Å². The summed E-state index contributed by atoms with van der Waals surface area (Å²) in [4.78, 5) is 0. The van der Waals surface area contributed by atoms with Crippen molar-refractivity contribution < 1.29 is 0 Å². The van der Waals surface area contributed by atoms with E-state index in [1.807, 2.05) is 16.9 Å². The van der Waals surface area contributed by atoms with Gasteiger partial charge in [-0.2, -0.15) is 5.10 Å². The van der Waals surface area contributed by atoms with Gasteiger partial charge in [-0.3, -0.25) is 4.68 Å². The first-order valence-corrected chi connectivity index (χ1v) is 8.10. The first kappa shape index (κ1) is 16.5. The monoisotopic (exact) mass is 316 g/mol. The molecule has 1 aromatic carbocycles. The van der Waals surface area contributed by atoms with Crippen molar-refractivity contribution in [2.24, 2.45) is 0 Å². The van der Waals surface area contributed by atoms with Crippen LogP contribution in [0.5, 0.6) is 0 Å². The maximum Gasteiger partial charge on any atom is 0.170 e. The molecule has 0 spiro atoms. The van der Waals surface area contributed by atoms with Crippen molar-refractivity contribution in [1.82, 2.24) is 15.1 Å². The Balaban J connectivity index is 1.70. The normalized spacial score (nSPS) is 10.7. The highest BCUT2D eigenvalue weighted by atomic mass is 32.1. The average Bonchev–Trinajstić information content (AvgIpc) is 2.89. The van der Waals surface area contributed by atoms with Gasteiger partial charge in [-0.1, -0.05) is 26.0 Å². The lowest BCUT2D eigenvalue weighted by Gasteiger charge is -2.12. The quantitative estimate of drug-likeness (QED) is 0.630. The predicted octanol–water partition coefficient (Wildman–Crippen LogP) is 3.69. The zero-order chi connectivity index (χ0) is 15.9. The van der Waals surface area contributed by atoms with Crippen molar-refractivity contribution in [2.45, 2.75) is 39.7 Å². The topological polar surface area (TPSA) is 41.9 Å². The molecular formula is C17H24N4S. The minimum atomic E-state index is 0.546. The fraction of sp³-hybridized carbons (Fsp3) is 0.412. The molecule has 0 saturated carbocycles. The van der Waals surface area contributed by atoms with Gasteiger partial charge in [0.25, 0.3) is 0 Å². The van der Waals surface area contributed by atoms with E-state index in [-0.39, 0.29) is 0 Å². The lowest BCUT2D eigenvalue weighted by molar-refractivity contribution is 0.561. The molecule has 22 heavy (non-hydrogen) atoms. The molecule has 4 nitrogen and oxygen atoms in total. The fourth-order valence-corrected chi connectivity index (χ4v) is 2.41. The fourth-order valence-electron chi connectivity index (χ4n) is 2.19. The highest BCUT2D eigenvalue weighted by Gasteiger charge is 2.01. The summed E-state index contributed by atoms with van der Waals surface area (Å²) in [6, 6.07) is 10.4. The summed E-state index contributed by atoms with van der Waals surface area (Å²) in [6.07, 6.45) is 2.81. The summed E-state index contributed by atoms with van der Waals surface area (Å²) in [6.45, 7) is 8.17. The van der Waals surface area contributed by atoms with Crippen molar-refractivity contribution >= 4 is 23.0 Å². The van der Waals surface area contributed by atoms with Crippen LogP contribution in [-0.4, -0.2) is 21.4 Å². The molecule has 0 unspecified atom stereocenters. The van der Waals surface area contributed by atoms with Gasteiger partial charge in [0.1, 0.15) is 0 Å². The number of benzene rings is 1. The van der Waals surface area contributed by atoms with Crippen LogP contribution in [0.2, 0.25) is 0 Å². The van der Waals surface area contributed by atoms with Gasteiger partial charge in [-0.05, 0) is 55.2 Å². The maximum absolute atomic E-state index is 5.31. The molecule has 0 fully saturated rings. The number of aryl methyl sites for hydroxylation is 2. The number of anilines is 1. The van der Waals surface area contributed by atoms with Crippen LogP contribution in [0.4, 0.5) is 5.69 Å². The number of nitrogens with zero attached hydrogens (tertiary/aromatic N) is 2. The minimum Gasteiger partial charge on any atom is -0.362 e. The second-order valence-corrected chi connectivity index (χ2v) is 6.12. The number of thiocarbonyl (C=S) groups is 1. The molecule has 0 saturated heterocycles. The van der Waals surface area contributed by atoms with E-state index >= 15 is 0 Å². The van der Waals surface area contributed by atoms with Crippen molar-refractivity contribution in [3.05, 3.63) is 47.8 Å². The summed E-state index contributed by atoms with van der Waals surface area (Å²) in [5, 5.41) is 11.4. The number of hydrogen-bond acceptors (Lipinski definition) is 2. The minimum absolute atomic E-state index is 0.546. The van der Waals surface area contributed by atoms with E-state index in [1.165, 1.54) is 11.3 Å². The zero-order valence-corrected chi connectivity index (χ0v) is 14.3. The third-order valence-corrected chi connectivity index (χ3v) is 3.84. The van der Waals surface area contributed by atoms with E-state index in [2.05, 4.69) is 60.8 Å². The molecule has 1 heterocycles. The van der Waals surface area contributed by atoms with Crippen molar-refractivity contribution in [2.75, 3.05) is 11.9 Å². The standard InChI is InChI=1S/C17H24N4S/c1-13(2)15-5-7-16(8-6-15)20-17(22)18-10-4-12-21-14(3)9-11-19-21/h5-9,11,13H,4,10,12H2,1-3H3,(H2,18,20,22). The largest absolute Gasteiger partial charge is 0.362 e. The lowest BCUT2D eigenvalue weighted by atomic mass is 10.0. The Morgan fingerprint density at radius 2 is 1.95 bits per heavy atom. The lowest BCUT2D eigenvalue weighted by Crippen LogP contribution is -2.29. The SMILES string of the molecule is Cc1ccnn1CCCNC(=S)Nc1ccc(C(C)C)cc1. The first-order chi connectivity index (χ1) is 10.6. The number of nitrogens with one attached hydrogen (secondary N) is 2. The number of aromatic nitrogens is 2. The molecule has 0 aliphatic heterocycles. The second kappa shape index (κ2) is 7.94. The van der Waals surface area contributed by atoms with Gasteiger partial charge in [0, 0.05) is 30.7 Å². The zero-order valence-electron chi connectivity index (χ0n) is 13.5. The van der Waals surface area contributed by atoms with E-state index in [9.17, 15) is 0 Å². The van der Waals surface area contributed by atoms with Crippen LogP contribution in [-0.2, 0) is 6.54 Å². The van der Waals surface area contributed by atoms with Gasteiger partial charge in [0.2, 0.25) is 0 Å². The van der Waals surface area contributed by atoms with Crippen LogP contribution in [0.25, 0.3) is 0 Å². The van der Waals surface area contributed by atoms with E-state index in [1.54, 1.807) is 0 Å². The summed E-state index contributed by atoms with van der Waals surface area (Å²) in [7, 11) is 0. The van der Waals surface area contributed by atoms with Gasteiger partial charge in [-0.25, -0.2) is 0 Å². The van der Waals surface area contributed by atoms with E-state index in [0.29, 0.717) is 11.0 Å². The molecule has 118 valence electrons. The molecule has 0 amide bonds.